The van der Waals surface area contributed by atoms with Crippen LogP contribution in [0, 0.1) is 5.92 Å². The van der Waals surface area contributed by atoms with Crippen molar-refractivity contribution in [3.8, 4) is 0 Å². The van der Waals surface area contributed by atoms with E-state index in [1.807, 2.05) is 6.07 Å². The van der Waals surface area contributed by atoms with Gasteiger partial charge in [-0.25, -0.2) is 13.1 Å². The number of hydrogen-bond acceptors (Lipinski definition) is 4. The standard InChI is InChI=1S/C21H24ClN3O4S/c1-23-30(28,29)17-9-10-19(22)18(12-17)21(27)24-13-14-5-4-8-16(11-14)25-20(26)15-6-2-3-7-15/h4-5,8-12,15,23H,2-3,6-7,13H2,1H3,(H,24,27)(H,25,26). The molecule has 3 N–H and O–H groups in total. The first-order valence-corrected chi connectivity index (χ1v) is 11.6. The number of halogens is 1. The van der Waals surface area contributed by atoms with E-state index in [1.54, 1.807) is 18.2 Å². The van der Waals surface area contributed by atoms with Crippen LogP contribution in [0.4, 0.5) is 5.69 Å². The second-order valence-electron chi connectivity index (χ2n) is 7.20. The molecule has 0 aliphatic heterocycles. The fourth-order valence-electron chi connectivity index (χ4n) is 3.43. The Morgan fingerprint density at radius 2 is 1.83 bits per heavy atom. The summed E-state index contributed by atoms with van der Waals surface area (Å²) in [6, 6.07) is 11.2. The van der Waals surface area contributed by atoms with E-state index in [-0.39, 0.29) is 33.9 Å². The summed E-state index contributed by atoms with van der Waals surface area (Å²) in [7, 11) is -2.40. The second kappa shape index (κ2) is 9.59. The molecule has 1 aliphatic rings. The third-order valence-corrected chi connectivity index (χ3v) is 6.88. The number of benzene rings is 2. The van der Waals surface area contributed by atoms with Crippen molar-refractivity contribution >= 4 is 39.1 Å². The van der Waals surface area contributed by atoms with Crippen LogP contribution in [0.1, 0.15) is 41.6 Å². The van der Waals surface area contributed by atoms with Gasteiger partial charge in [0.2, 0.25) is 15.9 Å². The SMILES string of the molecule is CNS(=O)(=O)c1ccc(Cl)c(C(=O)NCc2cccc(NC(=O)C3CCCC3)c2)c1. The van der Waals surface area contributed by atoms with Crippen LogP contribution in [-0.4, -0.2) is 27.3 Å². The minimum atomic E-state index is -3.69. The Morgan fingerprint density at radius 1 is 1.10 bits per heavy atom. The summed E-state index contributed by atoms with van der Waals surface area (Å²) >= 11 is 6.09. The van der Waals surface area contributed by atoms with Crippen LogP contribution in [0.5, 0.6) is 0 Å². The normalized spacial score (nSPS) is 14.5. The fourth-order valence-corrected chi connectivity index (χ4v) is 4.39. The molecule has 2 aromatic rings. The zero-order valence-corrected chi connectivity index (χ0v) is 18.1. The van der Waals surface area contributed by atoms with Gasteiger partial charge in [0.15, 0.2) is 0 Å². The highest BCUT2D eigenvalue weighted by molar-refractivity contribution is 7.89. The summed E-state index contributed by atoms with van der Waals surface area (Å²) < 4.78 is 26.1. The van der Waals surface area contributed by atoms with Crippen LogP contribution in [0.3, 0.4) is 0 Å². The van der Waals surface area contributed by atoms with Crippen molar-refractivity contribution in [2.75, 3.05) is 12.4 Å². The number of carbonyl (C=O) groups is 2. The Hall–Kier alpha value is -2.42. The molecule has 0 atom stereocenters. The van der Waals surface area contributed by atoms with Crippen molar-refractivity contribution in [2.45, 2.75) is 37.1 Å². The maximum atomic E-state index is 12.6. The van der Waals surface area contributed by atoms with Gasteiger partial charge in [0, 0.05) is 18.2 Å². The monoisotopic (exact) mass is 449 g/mol. The number of rotatable bonds is 7. The molecule has 1 aliphatic carbocycles. The van der Waals surface area contributed by atoms with E-state index < -0.39 is 15.9 Å². The molecular formula is C21H24ClN3O4S. The highest BCUT2D eigenvalue weighted by atomic mass is 35.5. The van der Waals surface area contributed by atoms with Gasteiger partial charge in [0.1, 0.15) is 0 Å². The molecule has 0 saturated heterocycles. The van der Waals surface area contributed by atoms with Gasteiger partial charge in [-0.3, -0.25) is 9.59 Å². The van der Waals surface area contributed by atoms with E-state index in [0.717, 1.165) is 31.2 Å². The van der Waals surface area contributed by atoms with E-state index in [2.05, 4.69) is 15.4 Å². The molecule has 0 spiro atoms. The number of sulfonamides is 1. The maximum Gasteiger partial charge on any atom is 0.253 e. The highest BCUT2D eigenvalue weighted by Gasteiger charge is 2.22. The van der Waals surface area contributed by atoms with Gasteiger partial charge in [-0.2, -0.15) is 0 Å². The Kier molecular flexibility index (Phi) is 7.12. The summed E-state index contributed by atoms with van der Waals surface area (Å²) in [5.41, 5.74) is 1.54. The van der Waals surface area contributed by atoms with Gasteiger partial charge >= 0.3 is 0 Å². The Morgan fingerprint density at radius 3 is 2.53 bits per heavy atom. The molecule has 30 heavy (non-hydrogen) atoms. The molecule has 0 unspecified atom stereocenters. The Labute approximate surface area is 181 Å². The predicted octanol–water partition coefficient (Wildman–Crippen LogP) is 3.31. The van der Waals surface area contributed by atoms with Crippen molar-refractivity contribution < 1.29 is 18.0 Å². The lowest BCUT2D eigenvalue weighted by Crippen LogP contribution is -2.24. The maximum absolute atomic E-state index is 12.6. The third-order valence-electron chi connectivity index (χ3n) is 5.14. The van der Waals surface area contributed by atoms with Crippen LogP contribution in [0.15, 0.2) is 47.4 Å². The van der Waals surface area contributed by atoms with Crippen molar-refractivity contribution in [1.82, 2.24) is 10.0 Å². The molecule has 160 valence electrons. The molecular weight excluding hydrogens is 426 g/mol. The third kappa shape index (κ3) is 5.38. The average molecular weight is 450 g/mol. The van der Waals surface area contributed by atoms with E-state index in [4.69, 9.17) is 11.6 Å². The number of nitrogens with one attached hydrogen (secondary N) is 3. The predicted molar refractivity (Wildman–Crippen MR) is 116 cm³/mol. The lowest BCUT2D eigenvalue weighted by atomic mass is 10.1. The van der Waals surface area contributed by atoms with Crippen LogP contribution < -0.4 is 15.4 Å². The van der Waals surface area contributed by atoms with Gasteiger partial charge in [-0.1, -0.05) is 36.6 Å². The molecule has 0 radical (unpaired) electrons. The average Bonchev–Trinajstić information content (AvgIpc) is 3.27. The minimum Gasteiger partial charge on any atom is -0.348 e. The smallest absolute Gasteiger partial charge is 0.253 e. The van der Waals surface area contributed by atoms with E-state index in [1.165, 1.54) is 25.2 Å². The molecule has 3 rings (SSSR count). The molecule has 9 heteroatoms. The molecule has 0 heterocycles. The van der Waals surface area contributed by atoms with Gasteiger partial charge in [0.25, 0.3) is 5.91 Å². The number of amides is 2. The molecule has 0 aromatic heterocycles. The van der Waals surface area contributed by atoms with Crippen molar-refractivity contribution in [1.29, 1.82) is 0 Å². The zero-order chi connectivity index (χ0) is 21.7. The molecule has 1 fully saturated rings. The van der Waals surface area contributed by atoms with Crippen LogP contribution >= 0.6 is 11.6 Å². The number of hydrogen-bond donors (Lipinski definition) is 3. The van der Waals surface area contributed by atoms with Crippen LogP contribution in [-0.2, 0) is 21.4 Å². The first-order valence-electron chi connectivity index (χ1n) is 9.71. The summed E-state index contributed by atoms with van der Waals surface area (Å²) in [4.78, 5) is 24.8. The first kappa shape index (κ1) is 22.3. The topological polar surface area (TPSA) is 104 Å². The molecule has 2 amide bonds. The second-order valence-corrected chi connectivity index (χ2v) is 9.50. The summed E-state index contributed by atoms with van der Waals surface area (Å²) in [5, 5.41) is 5.83. The quantitative estimate of drug-likeness (QED) is 0.603. The lowest BCUT2D eigenvalue weighted by molar-refractivity contribution is -0.119. The van der Waals surface area contributed by atoms with Crippen molar-refractivity contribution in [3.05, 3.63) is 58.6 Å². The van der Waals surface area contributed by atoms with E-state index in [9.17, 15) is 18.0 Å². The molecule has 7 nitrogen and oxygen atoms in total. The van der Waals surface area contributed by atoms with Gasteiger partial charge < -0.3 is 10.6 Å². The van der Waals surface area contributed by atoms with Crippen molar-refractivity contribution in [3.63, 3.8) is 0 Å². The highest BCUT2D eigenvalue weighted by Crippen LogP contribution is 2.26. The molecule has 2 aromatic carbocycles. The summed E-state index contributed by atoms with van der Waals surface area (Å²) in [6.45, 7) is 0.200. The van der Waals surface area contributed by atoms with Crippen LogP contribution in [0.25, 0.3) is 0 Å². The van der Waals surface area contributed by atoms with Crippen LogP contribution in [0.2, 0.25) is 5.02 Å². The van der Waals surface area contributed by atoms with Gasteiger partial charge in [-0.15, -0.1) is 0 Å². The molecule has 1 saturated carbocycles. The largest absolute Gasteiger partial charge is 0.348 e. The number of anilines is 1. The Balaban J connectivity index is 1.66. The number of carbonyl (C=O) groups excluding carboxylic acids is 2. The lowest BCUT2D eigenvalue weighted by Gasteiger charge is -2.12. The van der Waals surface area contributed by atoms with Crippen molar-refractivity contribution in [2.24, 2.45) is 5.92 Å². The first-order chi connectivity index (χ1) is 14.3. The Bertz CT molecular complexity index is 1050. The van der Waals surface area contributed by atoms with Gasteiger partial charge in [-0.05, 0) is 55.8 Å². The minimum absolute atomic E-state index is 0.0306. The summed E-state index contributed by atoms with van der Waals surface area (Å²) in [5.74, 6) is -0.395. The zero-order valence-electron chi connectivity index (χ0n) is 16.6. The van der Waals surface area contributed by atoms with Gasteiger partial charge in [0.05, 0.1) is 15.5 Å². The fraction of sp³-hybridized carbons (Fsp3) is 0.333. The summed E-state index contributed by atoms with van der Waals surface area (Å²) in [6.07, 6.45) is 4.02. The molecule has 0 bridgehead atoms. The van der Waals surface area contributed by atoms with E-state index in [0.29, 0.717) is 5.69 Å². The van der Waals surface area contributed by atoms with E-state index >= 15 is 0 Å².